The number of anilines is 1. The van der Waals surface area contributed by atoms with Crippen LogP contribution in [0.2, 0.25) is 0 Å². The second-order valence-corrected chi connectivity index (χ2v) is 16.0. The molecule has 47 heavy (non-hydrogen) atoms. The van der Waals surface area contributed by atoms with Crippen molar-refractivity contribution < 1.29 is 33.8 Å². The molecule has 0 unspecified atom stereocenters. The number of hydrogen-bond donors (Lipinski definition) is 2. The van der Waals surface area contributed by atoms with Crippen LogP contribution in [0.4, 0.5) is 5.82 Å². The van der Waals surface area contributed by atoms with Gasteiger partial charge in [-0.3, -0.25) is 14.4 Å². The molecule has 2 saturated heterocycles. The van der Waals surface area contributed by atoms with Crippen LogP contribution in [0.15, 0.2) is 28.3 Å². The Morgan fingerprint density at radius 3 is 2.43 bits per heavy atom. The summed E-state index contributed by atoms with van der Waals surface area (Å²) in [5, 5.41) is 16.7. The maximum atomic E-state index is 14.0. The van der Waals surface area contributed by atoms with Crippen LogP contribution in [0.3, 0.4) is 0 Å². The minimum atomic E-state index is -1.57. The van der Waals surface area contributed by atoms with Crippen molar-refractivity contribution in [1.82, 2.24) is 4.98 Å². The maximum Gasteiger partial charge on any atom is 0.317 e. The van der Waals surface area contributed by atoms with Gasteiger partial charge in [0.25, 0.3) is 0 Å². The van der Waals surface area contributed by atoms with Crippen molar-refractivity contribution in [2.75, 3.05) is 12.3 Å². The molecule has 3 heterocycles. The summed E-state index contributed by atoms with van der Waals surface area (Å²) in [4.78, 5) is 54.7. The maximum absolute atomic E-state index is 14.0. The summed E-state index contributed by atoms with van der Waals surface area (Å²) in [6, 6.07) is 5.28. The molecule has 262 valence electrons. The van der Waals surface area contributed by atoms with E-state index < -0.39 is 50.4 Å². The first kappa shape index (κ1) is 39.0. The SMILES string of the molecule is CC(=O)N=C1[C@H](C)C[C@@]2(C)OC/C(=N/OCc3cccc(N)n3)CC[C@H]([C@H]1C)[C@](C)(O)[C@@H](I)OC(=O)[C@H](C)C(=O)[C@H](C)[C@H]2C(C)(C)C. The van der Waals surface area contributed by atoms with Gasteiger partial charge in [0.05, 0.1) is 23.6 Å². The van der Waals surface area contributed by atoms with Crippen LogP contribution in [-0.4, -0.2) is 61.1 Å². The van der Waals surface area contributed by atoms with Gasteiger partial charge in [0.1, 0.15) is 23.1 Å². The molecule has 0 spiro atoms. The number of halogens is 1. The molecule has 2 aliphatic heterocycles. The van der Waals surface area contributed by atoms with Crippen molar-refractivity contribution in [3.8, 4) is 0 Å². The molecule has 1 aromatic rings. The number of oxime groups is 1. The van der Waals surface area contributed by atoms with Crippen molar-refractivity contribution in [3.05, 3.63) is 23.9 Å². The molecule has 0 aliphatic carbocycles. The number of esters is 1. The minimum absolute atomic E-state index is 0.0929. The third-order valence-corrected chi connectivity index (χ3v) is 11.4. The number of nitrogens with two attached hydrogens (primary N) is 1. The van der Waals surface area contributed by atoms with Gasteiger partial charge in [-0.15, -0.1) is 0 Å². The lowest BCUT2D eigenvalue weighted by molar-refractivity contribution is -0.167. The van der Waals surface area contributed by atoms with E-state index in [1.807, 2.05) is 50.3 Å². The predicted molar refractivity (Wildman–Crippen MR) is 190 cm³/mol. The number of Topliss-reactive ketones (excluding diaryl/α,β-unsaturated/α-hetero) is 1. The number of rotatable bonds is 3. The molecule has 0 aromatic carbocycles. The van der Waals surface area contributed by atoms with E-state index in [-0.39, 0.29) is 36.7 Å². The number of nitrogen functional groups attached to an aromatic ring is 1. The second kappa shape index (κ2) is 15.4. The van der Waals surface area contributed by atoms with E-state index in [0.717, 1.165) is 0 Å². The van der Waals surface area contributed by atoms with Gasteiger partial charge in [-0.2, -0.15) is 0 Å². The number of fused-ring (bicyclic) bond motifs is 5. The fourth-order valence-electron chi connectivity index (χ4n) is 7.93. The number of aliphatic imine (C=N–C) groups is 1. The van der Waals surface area contributed by atoms with Gasteiger partial charge < -0.3 is 25.2 Å². The van der Waals surface area contributed by atoms with Gasteiger partial charge in [0.2, 0.25) is 5.91 Å². The molecule has 2 bridgehead atoms. The fraction of sp³-hybridized carbons (Fsp3) is 0.714. The number of carbonyl (C=O) groups is 3. The molecule has 3 rings (SSSR count). The number of hydrogen-bond acceptors (Lipinski definition) is 10. The minimum Gasteiger partial charge on any atom is -0.448 e. The molecule has 9 atom stereocenters. The van der Waals surface area contributed by atoms with E-state index >= 15 is 0 Å². The highest BCUT2D eigenvalue weighted by molar-refractivity contribution is 14.1. The van der Waals surface area contributed by atoms with Gasteiger partial charge in [-0.1, -0.05) is 52.8 Å². The second-order valence-electron chi connectivity index (χ2n) is 14.9. The Morgan fingerprint density at radius 1 is 1.17 bits per heavy atom. The molecule has 2 fully saturated rings. The first-order valence-corrected chi connectivity index (χ1v) is 17.7. The quantitative estimate of drug-likeness (QED) is 0.125. The Hall–Kier alpha value is -2.45. The number of carbonyl (C=O) groups excluding carboxylic acids is 3. The number of aliphatic hydroxyl groups is 1. The van der Waals surface area contributed by atoms with Crippen molar-refractivity contribution >= 4 is 57.5 Å². The standard InChI is InChI=1S/C35H53IN4O7/c1-19-16-34(9)30(33(6,7)8)21(3)29(42)22(4)31(43)47-32(36)35(10,44)26(20(2)28(19)38-23(5)41)15-14-25(17-45-34)40-46-18-24-12-11-13-27(37)39-24/h11-13,19-22,26,30,32,44H,14-18H2,1-10H3,(H2,37,39)/b38-28?,40-25+/t19-,20-,21+,22-,26-,30+,32+,34-,35+/m1/s1. The van der Waals surface area contributed by atoms with E-state index in [0.29, 0.717) is 42.2 Å². The van der Waals surface area contributed by atoms with Crippen LogP contribution >= 0.6 is 22.6 Å². The molecule has 0 saturated carbocycles. The van der Waals surface area contributed by atoms with Crippen LogP contribution in [0.1, 0.15) is 94.2 Å². The van der Waals surface area contributed by atoms with E-state index in [4.69, 9.17) is 20.0 Å². The third kappa shape index (κ3) is 9.38. The molecule has 1 amide bonds. The van der Waals surface area contributed by atoms with Crippen molar-refractivity contribution in [2.24, 2.45) is 51.1 Å². The first-order chi connectivity index (χ1) is 21.7. The zero-order valence-electron chi connectivity index (χ0n) is 29.5. The molecular weight excluding hydrogens is 715 g/mol. The zero-order chi connectivity index (χ0) is 35.5. The summed E-state index contributed by atoms with van der Waals surface area (Å²) in [5.74, 6) is -4.13. The zero-order valence-corrected chi connectivity index (χ0v) is 31.7. The van der Waals surface area contributed by atoms with E-state index in [1.165, 1.54) is 6.92 Å². The average molecular weight is 769 g/mol. The average Bonchev–Trinajstić information content (AvgIpc) is 2.97. The number of amides is 1. The van der Waals surface area contributed by atoms with Crippen molar-refractivity contribution in [2.45, 2.75) is 110 Å². The van der Waals surface area contributed by atoms with Gasteiger partial charge in [0.15, 0.2) is 10.7 Å². The van der Waals surface area contributed by atoms with E-state index in [2.05, 4.69) is 35.9 Å². The number of pyridine rings is 1. The lowest BCUT2D eigenvalue weighted by Crippen LogP contribution is -2.54. The fourth-order valence-corrected chi connectivity index (χ4v) is 8.64. The summed E-state index contributed by atoms with van der Waals surface area (Å²) in [5.41, 5.74) is 4.73. The molecule has 2 aliphatic rings. The molecule has 1 aromatic heterocycles. The van der Waals surface area contributed by atoms with Crippen molar-refractivity contribution in [3.63, 3.8) is 0 Å². The van der Waals surface area contributed by atoms with Gasteiger partial charge in [-0.05, 0) is 92.0 Å². The van der Waals surface area contributed by atoms with Crippen molar-refractivity contribution in [1.29, 1.82) is 0 Å². The van der Waals surface area contributed by atoms with Gasteiger partial charge in [0, 0.05) is 30.4 Å². The van der Waals surface area contributed by atoms with Crippen LogP contribution in [-0.2, 0) is 35.3 Å². The Balaban J connectivity index is 2.28. The Kier molecular flexibility index (Phi) is 12.8. The number of cyclic esters (lactones) is 1. The summed E-state index contributed by atoms with van der Waals surface area (Å²) >= 11 is 1.93. The molecule has 0 radical (unpaired) electrons. The van der Waals surface area contributed by atoms with Crippen LogP contribution in [0.25, 0.3) is 0 Å². The third-order valence-electron chi connectivity index (χ3n) is 9.87. The summed E-state index contributed by atoms with van der Waals surface area (Å²) in [7, 11) is 0. The molecule has 12 heteroatoms. The van der Waals surface area contributed by atoms with E-state index in [9.17, 15) is 19.5 Å². The Morgan fingerprint density at radius 2 is 1.83 bits per heavy atom. The van der Waals surface area contributed by atoms with Gasteiger partial charge in [-0.25, -0.2) is 9.98 Å². The summed E-state index contributed by atoms with van der Waals surface area (Å²) in [6.07, 6.45) is 1.18. The van der Waals surface area contributed by atoms with Gasteiger partial charge >= 0.3 is 5.97 Å². The lowest BCUT2D eigenvalue weighted by atomic mass is 9.61. The summed E-state index contributed by atoms with van der Waals surface area (Å²) < 4.78 is 11.7. The normalized spacial score (nSPS) is 36.6. The number of nitrogens with zero attached hydrogens (tertiary/aromatic N) is 3. The number of ketones is 1. The largest absolute Gasteiger partial charge is 0.448 e. The molecule has 11 nitrogen and oxygen atoms in total. The highest BCUT2D eigenvalue weighted by Gasteiger charge is 2.52. The highest BCUT2D eigenvalue weighted by atomic mass is 127. The number of aromatic nitrogens is 1. The lowest BCUT2D eigenvalue weighted by Gasteiger charge is -2.49. The monoisotopic (exact) mass is 768 g/mol. The Bertz CT molecular complexity index is 1370. The summed E-state index contributed by atoms with van der Waals surface area (Å²) in [6.45, 7) is 18.8. The Labute approximate surface area is 293 Å². The van der Waals surface area contributed by atoms with E-state index in [1.54, 1.807) is 32.0 Å². The first-order valence-electron chi connectivity index (χ1n) is 16.4. The van der Waals surface area contributed by atoms with Crippen LogP contribution in [0.5, 0.6) is 0 Å². The molecular formula is C35H53IN4O7. The topological polar surface area (TPSA) is 163 Å². The molecule has 3 N–H and O–H groups in total. The number of alkyl halides is 1. The van der Waals surface area contributed by atoms with Crippen LogP contribution < -0.4 is 5.73 Å². The number of ether oxygens (including phenoxy) is 2. The van der Waals surface area contributed by atoms with Crippen LogP contribution in [0, 0.1) is 40.9 Å². The highest BCUT2D eigenvalue weighted by Crippen LogP contribution is 2.48. The predicted octanol–water partition coefficient (Wildman–Crippen LogP) is 5.94. The smallest absolute Gasteiger partial charge is 0.317 e.